The molecule has 8 heteroatoms. The van der Waals surface area contributed by atoms with Crippen LogP contribution in [0.2, 0.25) is 0 Å². The van der Waals surface area contributed by atoms with Crippen LogP contribution in [0.25, 0.3) is 0 Å². The molecule has 1 heterocycles. The maximum atomic E-state index is 13.5. The summed E-state index contributed by atoms with van der Waals surface area (Å²) >= 11 is 1.41. The second kappa shape index (κ2) is 7.18. The molecular weight excluding hydrogens is 353 g/mol. The van der Waals surface area contributed by atoms with Crippen LogP contribution in [0.4, 0.5) is 18.9 Å². The predicted molar refractivity (Wildman–Crippen MR) is 87.7 cm³/mol. The Morgan fingerprint density at radius 2 is 1.84 bits per heavy atom. The molecule has 130 valence electrons. The lowest BCUT2D eigenvalue weighted by molar-refractivity contribution is -0.123. The summed E-state index contributed by atoms with van der Waals surface area (Å²) in [6, 6.07) is 9.26. The van der Waals surface area contributed by atoms with Gasteiger partial charge in [-0.05, 0) is 30.2 Å². The molecule has 1 aliphatic rings. The van der Waals surface area contributed by atoms with Crippen LogP contribution in [0.15, 0.2) is 41.3 Å². The minimum atomic E-state index is -1.66. The van der Waals surface area contributed by atoms with Crippen LogP contribution in [0, 0.1) is 17.5 Å². The SMILES string of the molecule is O=C(CNC(=O)C1Cc2ccccc2S1)Nc1ccc(F)c(F)c1F. The van der Waals surface area contributed by atoms with Crippen molar-refractivity contribution in [1.82, 2.24) is 5.32 Å². The fraction of sp³-hybridized carbons (Fsp3) is 0.176. The molecule has 0 bridgehead atoms. The lowest BCUT2D eigenvalue weighted by Crippen LogP contribution is -2.38. The van der Waals surface area contributed by atoms with Gasteiger partial charge in [-0.15, -0.1) is 11.8 Å². The third-order valence-corrected chi connectivity index (χ3v) is 4.99. The molecule has 0 radical (unpaired) electrons. The summed E-state index contributed by atoms with van der Waals surface area (Å²) < 4.78 is 39.5. The van der Waals surface area contributed by atoms with E-state index < -0.39 is 35.6 Å². The van der Waals surface area contributed by atoms with Crippen LogP contribution >= 0.6 is 11.8 Å². The summed E-state index contributed by atoms with van der Waals surface area (Å²) in [5.74, 6) is -5.55. The minimum absolute atomic E-state index is 0.317. The molecule has 2 aromatic carbocycles. The molecule has 0 saturated heterocycles. The van der Waals surface area contributed by atoms with Crippen LogP contribution in [-0.2, 0) is 16.0 Å². The summed E-state index contributed by atoms with van der Waals surface area (Å²) in [7, 11) is 0. The van der Waals surface area contributed by atoms with Crippen LogP contribution in [0.5, 0.6) is 0 Å². The number of thioether (sulfide) groups is 1. The summed E-state index contributed by atoms with van der Waals surface area (Å²) in [5.41, 5.74) is 0.585. The molecule has 0 aliphatic carbocycles. The monoisotopic (exact) mass is 366 g/mol. The van der Waals surface area contributed by atoms with Crippen LogP contribution in [0.3, 0.4) is 0 Å². The van der Waals surface area contributed by atoms with E-state index in [1.54, 1.807) is 0 Å². The van der Waals surface area contributed by atoms with Crippen LogP contribution < -0.4 is 10.6 Å². The lowest BCUT2D eigenvalue weighted by Gasteiger charge is -2.11. The number of benzene rings is 2. The molecule has 0 fully saturated rings. The van der Waals surface area contributed by atoms with Gasteiger partial charge in [0.15, 0.2) is 17.5 Å². The van der Waals surface area contributed by atoms with Gasteiger partial charge in [-0.25, -0.2) is 13.2 Å². The number of halogens is 3. The normalized spacial score (nSPS) is 15.6. The molecule has 25 heavy (non-hydrogen) atoms. The molecule has 1 aliphatic heterocycles. The van der Waals surface area contributed by atoms with E-state index in [-0.39, 0.29) is 11.2 Å². The van der Waals surface area contributed by atoms with Crippen molar-refractivity contribution in [2.75, 3.05) is 11.9 Å². The molecule has 0 saturated carbocycles. The fourth-order valence-electron chi connectivity index (χ4n) is 2.43. The van der Waals surface area contributed by atoms with E-state index >= 15 is 0 Å². The average molecular weight is 366 g/mol. The quantitative estimate of drug-likeness (QED) is 0.818. The van der Waals surface area contributed by atoms with Crippen molar-refractivity contribution in [3.63, 3.8) is 0 Å². The van der Waals surface area contributed by atoms with Crippen molar-refractivity contribution in [3.05, 3.63) is 59.4 Å². The highest BCUT2D eigenvalue weighted by Crippen LogP contribution is 2.36. The number of nitrogens with one attached hydrogen (secondary N) is 2. The first-order valence-electron chi connectivity index (χ1n) is 7.41. The smallest absolute Gasteiger partial charge is 0.243 e. The Hall–Kier alpha value is -2.48. The van der Waals surface area contributed by atoms with Gasteiger partial charge < -0.3 is 10.6 Å². The van der Waals surface area contributed by atoms with Gasteiger partial charge in [0.2, 0.25) is 11.8 Å². The molecular formula is C17H13F3N2O2S. The Bertz CT molecular complexity index is 820. The van der Waals surface area contributed by atoms with Gasteiger partial charge in [-0.1, -0.05) is 18.2 Å². The highest BCUT2D eigenvalue weighted by Gasteiger charge is 2.28. The van der Waals surface area contributed by atoms with Gasteiger partial charge in [0.25, 0.3) is 0 Å². The number of carbonyl (C=O) groups is 2. The zero-order valence-corrected chi connectivity index (χ0v) is 13.6. The van der Waals surface area contributed by atoms with Crippen LogP contribution in [0.1, 0.15) is 5.56 Å². The third-order valence-electron chi connectivity index (χ3n) is 3.67. The highest BCUT2D eigenvalue weighted by molar-refractivity contribution is 8.01. The second-order valence-corrected chi connectivity index (χ2v) is 6.65. The first-order valence-corrected chi connectivity index (χ1v) is 8.29. The van der Waals surface area contributed by atoms with Gasteiger partial charge >= 0.3 is 0 Å². The van der Waals surface area contributed by atoms with Gasteiger partial charge in [0, 0.05) is 4.90 Å². The second-order valence-electron chi connectivity index (χ2n) is 5.41. The zero-order valence-electron chi connectivity index (χ0n) is 12.8. The molecule has 3 rings (SSSR count). The van der Waals surface area contributed by atoms with E-state index in [4.69, 9.17) is 0 Å². The summed E-state index contributed by atoms with van der Waals surface area (Å²) in [6.45, 7) is -0.398. The number of amides is 2. The summed E-state index contributed by atoms with van der Waals surface area (Å²) in [4.78, 5) is 24.9. The molecule has 0 spiro atoms. The minimum Gasteiger partial charge on any atom is -0.346 e. The van der Waals surface area contributed by atoms with Crippen molar-refractivity contribution in [2.45, 2.75) is 16.6 Å². The maximum absolute atomic E-state index is 13.5. The summed E-state index contributed by atoms with van der Waals surface area (Å²) in [6.07, 6.45) is 0.562. The van der Waals surface area contributed by atoms with Gasteiger partial charge in [-0.3, -0.25) is 9.59 Å². The number of rotatable bonds is 4. The first-order chi connectivity index (χ1) is 12.0. The van der Waals surface area contributed by atoms with E-state index in [9.17, 15) is 22.8 Å². The van der Waals surface area contributed by atoms with E-state index in [0.29, 0.717) is 12.5 Å². The van der Waals surface area contributed by atoms with E-state index in [1.165, 1.54) is 11.8 Å². The van der Waals surface area contributed by atoms with Crippen LogP contribution in [-0.4, -0.2) is 23.6 Å². The lowest BCUT2D eigenvalue weighted by atomic mass is 10.1. The third kappa shape index (κ3) is 3.79. The van der Waals surface area contributed by atoms with Crippen molar-refractivity contribution < 1.29 is 22.8 Å². The van der Waals surface area contributed by atoms with Gasteiger partial charge in [0.1, 0.15) is 0 Å². The Balaban J connectivity index is 1.53. The number of anilines is 1. The van der Waals surface area contributed by atoms with E-state index in [0.717, 1.165) is 16.5 Å². The first kappa shape index (κ1) is 17.3. The Kier molecular flexibility index (Phi) is 4.98. The number of hydrogen-bond donors (Lipinski definition) is 2. The molecule has 4 nitrogen and oxygen atoms in total. The molecule has 1 unspecified atom stereocenters. The van der Waals surface area contributed by atoms with Gasteiger partial charge in [-0.2, -0.15) is 0 Å². The standard InChI is InChI=1S/C17H13F3N2O2S/c18-10-5-6-11(16(20)15(10)19)22-14(23)8-21-17(24)13-7-9-3-1-2-4-12(9)25-13/h1-6,13H,7-8H2,(H,21,24)(H,22,23). The molecule has 1 atom stereocenters. The fourth-order valence-corrected chi connectivity index (χ4v) is 3.65. The largest absolute Gasteiger partial charge is 0.346 e. The number of carbonyl (C=O) groups excluding carboxylic acids is 2. The Morgan fingerprint density at radius 1 is 1.08 bits per heavy atom. The zero-order chi connectivity index (χ0) is 18.0. The maximum Gasteiger partial charge on any atom is 0.243 e. The predicted octanol–water partition coefficient (Wildman–Crippen LogP) is 2.88. The van der Waals surface area contributed by atoms with Gasteiger partial charge in [0.05, 0.1) is 17.5 Å². The van der Waals surface area contributed by atoms with E-state index in [2.05, 4.69) is 10.6 Å². The topological polar surface area (TPSA) is 58.2 Å². The van der Waals surface area contributed by atoms with Crippen molar-refractivity contribution in [2.24, 2.45) is 0 Å². The summed E-state index contributed by atoms with van der Waals surface area (Å²) in [5, 5.41) is 4.22. The molecule has 0 aromatic heterocycles. The molecule has 2 N–H and O–H groups in total. The molecule has 2 aromatic rings. The number of fused-ring (bicyclic) bond motifs is 1. The number of hydrogen-bond acceptors (Lipinski definition) is 3. The van der Waals surface area contributed by atoms with E-state index in [1.807, 2.05) is 24.3 Å². The average Bonchev–Trinajstić information content (AvgIpc) is 3.04. The van der Waals surface area contributed by atoms with Crippen molar-refractivity contribution in [3.8, 4) is 0 Å². The van der Waals surface area contributed by atoms with Crippen molar-refractivity contribution >= 4 is 29.3 Å². The highest BCUT2D eigenvalue weighted by atomic mass is 32.2. The van der Waals surface area contributed by atoms with Crippen molar-refractivity contribution in [1.29, 1.82) is 0 Å². The molecule has 2 amide bonds. The Morgan fingerprint density at radius 3 is 2.60 bits per heavy atom. The Labute approximate surface area is 145 Å².